The molecule has 0 unspecified atom stereocenters. The smallest absolute Gasteiger partial charge is 0.267 e. The molecule has 168 valence electrons. The van der Waals surface area contributed by atoms with Crippen LogP contribution >= 0.6 is 0 Å². The Balaban J connectivity index is 1.46. The van der Waals surface area contributed by atoms with Gasteiger partial charge in [-0.2, -0.15) is 0 Å². The lowest BCUT2D eigenvalue weighted by Gasteiger charge is -2.17. The summed E-state index contributed by atoms with van der Waals surface area (Å²) in [6, 6.07) is 22.3. The lowest BCUT2D eigenvalue weighted by atomic mass is 9.96. The van der Waals surface area contributed by atoms with Gasteiger partial charge in [-0.3, -0.25) is 14.7 Å². The molecule has 3 aromatic carbocycles. The molecule has 0 fully saturated rings. The van der Waals surface area contributed by atoms with E-state index in [0.29, 0.717) is 16.8 Å². The molecule has 0 bridgehead atoms. The van der Waals surface area contributed by atoms with Crippen LogP contribution < -0.4 is 4.90 Å². The summed E-state index contributed by atoms with van der Waals surface area (Å²) in [4.78, 5) is 32.1. The van der Waals surface area contributed by atoms with Crippen molar-refractivity contribution in [2.45, 2.75) is 0 Å². The number of rotatable bonds is 4. The Labute approximate surface area is 198 Å². The zero-order valence-corrected chi connectivity index (χ0v) is 18.1. The van der Waals surface area contributed by atoms with E-state index < -0.39 is 11.8 Å². The second kappa shape index (κ2) is 8.11. The number of anilines is 1. The first-order chi connectivity index (χ1) is 17.1. The van der Waals surface area contributed by atoms with Crippen molar-refractivity contribution in [1.29, 1.82) is 0 Å². The first kappa shape index (κ1) is 20.6. The van der Waals surface area contributed by atoms with Gasteiger partial charge in [0.25, 0.3) is 11.8 Å². The number of carbonyl (C=O) groups is 2. The molecular formula is C27H16FN5O2. The van der Waals surface area contributed by atoms with Crippen LogP contribution in [0.4, 0.5) is 10.2 Å². The van der Waals surface area contributed by atoms with Gasteiger partial charge < -0.3 is 0 Å². The number of carbonyl (C=O) groups excluding carboxylic acids is 2. The summed E-state index contributed by atoms with van der Waals surface area (Å²) in [6.07, 6.45) is 3.24. The molecule has 2 amide bonds. The normalized spacial score (nSPS) is 12.8. The van der Waals surface area contributed by atoms with E-state index in [0.717, 1.165) is 27.2 Å². The molecule has 0 radical (unpaired) electrons. The Kier molecular flexibility index (Phi) is 4.77. The number of fused-ring (bicyclic) bond motifs is 1. The van der Waals surface area contributed by atoms with Crippen molar-refractivity contribution in [3.8, 4) is 33.5 Å². The van der Waals surface area contributed by atoms with Gasteiger partial charge in [0, 0.05) is 23.5 Å². The van der Waals surface area contributed by atoms with Crippen LogP contribution in [-0.2, 0) is 0 Å². The Bertz CT molecular complexity index is 1580. The molecule has 0 aliphatic carbocycles. The van der Waals surface area contributed by atoms with E-state index in [9.17, 15) is 14.0 Å². The quantitative estimate of drug-likeness (QED) is 0.374. The second-order valence-corrected chi connectivity index (χ2v) is 8.03. The number of hydrogen-bond acceptors (Lipinski definition) is 5. The Morgan fingerprint density at radius 2 is 1.43 bits per heavy atom. The number of halogens is 1. The minimum atomic E-state index is -0.472. The van der Waals surface area contributed by atoms with Gasteiger partial charge in [-0.1, -0.05) is 53.7 Å². The zero-order chi connectivity index (χ0) is 23.9. The molecule has 7 nitrogen and oxygen atoms in total. The van der Waals surface area contributed by atoms with Crippen LogP contribution in [-0.4, -0.2) is 32.2 Å². The molecule has 0 atom stereocenters. The fourth-order valence-corrected chi connectivity index (χ4v) is 4.23. The molecule has 1 N–H and O–H groups in total. The molecule has 1 aliphatic heterocycles. The van der Waals surface area contributed by atoms with Crippen molar-refractivity contribution < 1.29 is 14.0 Å². The molecule has 2 aromatic heterocycles. The number of pyridine rings is 1. The number of aromatic nitrogens is 4. The third-order valence-corrected chi connectivity index (χ3v) is 5.96. The number of hydrogen-bond donors (Lipinski definition) is 1. The molecule has 0 saturated carbocycles. The van der Waals surface area contributed by atoms with Crippen LogP contribution in [0, 0.1) is 5.82 Å². The highest BCUT2D eigenvalue weighted by Crippen LogP contribution is 2.36. The maximum Gasteiger partial charge on any atom is 0.267 e. The van der Waals surface area contributed by atoms with Crippen molar-refractivity contribution in [3.05, 3.63) is 108 Å². The first-order valence-corrected chi connectivity index (χ1v) is 10.8. The van der Waals surface area contributed by atoms with Crippen molar-refractivity contribution in [3.63, 3.8) is 0 Å². The van der Waals surface area contributed by atoms with E-state index in [-0.39, 0.29) is 17.2 Å². The maximum atomic E-state index is 13.6. The van der Waals surface area contributed by atoms with Gasteiger partial charge in [0.05, 0.1) is 11.1 Å². The van der Waals surface area contributed by atoms with Crippen molar-refractivity contribution in [1.82, 2.24) is 20.4 Å². The van der Waals surface area contributed by atoms with Gasteiger partial charge in [-0.15, -0.1) is 5.10 Å². The second-order valence-electron chi connectivity index (χ2n) is 8.03. The predicted molar refractivity (Wildman–Crippen MR) is 128 cm³/mol. The van der Waals surface area contributed by atoms with Crippen molar-refractivity contribution in [2.24, 2.45) is 0 Å². The third-order valence-electron chi connectivity index (χ3n) is 5.96. The van der Waals surface area contributed by atoms with Crippen molar-refractivity contribution in [2.75, 3.05) is 4.90 Å². The van der Waals surface area contributed by atoms with Gasteiger partial charge in [0.1, 0.15) is 17.3 Å². The van der Waals surface area contributed by atoms with E-state index in [1.165, 1.54) is 12.1 Å². The highest BCUT2D eigenvalue weighted by molar-refractivity contribution is 6.34. The Hall–Kier alpha value is -4.98. The molecule has 8 heteroatoms. The highest BCUT2D eigenvalue weighted by atomic mass is 19.1. The van der Waals surface area contributed by atoms with E-state index in [1.807, 2.05) is 30.3 Å². The van der Waals surface area contributed by atoms with E-state index in [4.69, 9.17) is 0 Å². The fraction of sp³-hybridized carbons (Fsp3) is 0. The highest BCUT2D eigenvalue weighted by Gasteiger charge is 2.38. The van der Waals surface area contributed by atoms with Crippen LogP contribution in [0.5, 0.6) is 0 Å². The molecule has 35 heavy (non-hydrogen) atoms. The fourth-order valence-electron chi connectivity index (χ4n) is 4.23. The number of benzene rings is 3. The van der Waals surface area contributed by atoms with Crippen LogP contribution in [0.25, 0.3) is 33.5 Å². The monoisotopic (exact) mass is 461 g/mol. The average Bonchev–Trinajstić information content (AvgIpc) is 3.52. The van der Waals surface area contributed by atoms with E-state index in [1.54, 1.807) is 48.8 Å². The molecular weight excluding hydrogens is 445 g/mol. The maximum absolute atomic E-state index is 13.6. The number of nitrogens with one attached hydrogen (secondary N) is 1. The van der Waals surface area contributed by atoms with Crippen LogP contribution in [0.3, 0.4) is 0 Å². The number of nitrogens with zero attached hydrogens (tertiary/aromatic N) is 4. The van der Waals surface area contributed by atoms with Crippen LogP contribution in [0.15, 0.2) is 91.3 Å². The molecule has 5 aromatic rings. The largest absolute Gasteiger partial charge is 0.268 e. The van der Waals surface area contributed by atoms with Gasteiger partial charge in [-0.05, 0) is 47.0 Å². The minimum absolute atomic E-state index is 0.193. The van der Waals surface area contributed by atoms with E-state index in [2.05, 4.69) is 20.4 Å². The lowest BCUT2D eigenvalue weighted by Crippen LogP contribution is -2.30. The molecule has 3 heterocycles. The SMILES string of the molecule is O=C1c2ccc(-c3c[nH]nn3)cc2C(=O)N1c1cc(-c2ccc(F)cc2)c(-c2ccccc2)cn1. The summed E-state index contributed by atoms with van der Waals surface area (Å²) < 4.78 is 13.6. The minimum Gasteiger partial charge on any atom is -0.268 e. The summed E-state index contributed by atoms with van der Waals surface area (Å²) in [6.45, 7) is 0. The summed E-state index contributed by atoms with van der Waals surface area (Å²) in [5.41, 5.74) is 4.96. The summed E-state index contributed by atoms with van der Waals surface area (Å²) in [5, 5.41) is 10.3. The summed E-state index contributed by atoms with van der Waals surface area (Å²) >= 11 is 0. The molecule has 1 aliphatic rings. The van der Waals surface area contributed by atoms with Crippen molar-refractivity contribution >= 4 is 17.6 Å². The van der Waals surface area contributed by atoms with Crippen LogP contribution in [0.2, 0.25) is 0 Å². The first-order valence-electron chi connectivity index (χ1n) is 10.8. The van der Waals surface area contributed by atoms with Gasteiger partial charge in [0.15, 0.2) is 0 Å². The van der Waals surface area contributed by atoms with Gasteiger partial charge in [-0.25, -0.2) is 14.3 Å². The molecule has 0 saturated heterocycles. The molecule has 6 rings (SSSR count). The Morgan fingerprint density at radius 1 is 0.714 bits per heavy atom. The standard InChI is InChI=1S/C27H16FN5O2/c28-19-9-6-17(7-10-19)21-13-25(29-14-23(21)16-4-2-1-3-5-16)33-26(34)20-11-8-18(12-22(20)27(33)35)24-15-30-32-31-24/h1-15H,(H,30,31,32). The van der Waals surface area contributed by atoms with Crippen LogP contribution in [0.1, 0.15) is 20.7 Å². The lowest BCUT2D eigenvalue weighted by molar-refractivity contribution is 0.0925. The number of amides is 2. The zero-order valence-electron chi connectivity index (χ0n) is 18.1. The summed E-state index contributed by atoms with van der Waals surface area (Å²) in [5.74, 6) is -1.09. The number of aromatic amines is 1. The Morgan fingerprint density at radius 3 is 2.17 bits per heavy atom. The average molecular weight is 461 g/mol. The third kappa shape index (κ3) is 3.48. The van der Waals surface area contributed by atoms with E-state index >= 15 is 0 Å². The van der Waals surface area contributed by atoms with Gasteiger partial charge in [0.2, 0.25) is 0 Å². The topological polar surface area (TPSA) is 91.8 Å². The summed E-state index contributed by atoms with van der Waals surface area (Å²) in [7, 11) is 0. The van der Waals surface area contributed by atoms with Gasteiger partial charge >= 0.3 is 0 Å². The number of H-pyrrole nitrogens is 1. The molecule has 0 spiro atoms. The predicted octanol–water partition coefficient (Wildman–Crippen LogP) is 5.14. The number of imide groups is 1.